The van der Waals surface area contributed by atoms with Crippen LogP contribution in [0.3, 0.4) is 0 Å². The van der Waals surface area contributed by atoms with Crippen LogP contribution < -0.4 is 10.4 Å². The van der Waals surface area contributed by atoms with Crippen LogP contribution in [-0.2, 0) is 6.42 Å². The molecule has 0 saturated carbocycles. The number of unbranched alkanes of at least 4 members (excludes halogenated alkanes) is 7. The molecule has 0 amide bonds. The Morgan fingerprint density at radius 3 is 2.43 bits per heavy atom. The van der Waals surface area contributed by atoms with Gasteiger partial charge in [0.15, 0.2) is 0 Å². The van der Waals surface area contributed by atoms with Gasteiger partial charge in [0.2, 0.25) is 0 Å². The van der Waals surface area contributed by atoms with Crippen molar-refractivity contribution in [2.75, 3.05) is 13.2 Å². The van der Waals surface area contributed by atoms with E-state index >= 15 is 0 Å². The fourth-order valence-electron chi connectivity index (χ4n) is 3.19. The summed E-state index contributed by atoms with van der Waals surface area (Å²) in [6.07, 6.45) is 8.76. The first-order valence-corrected chi connectivity index (χ1v) is 10.3. The summed E-state index contributed by atoms with van der Waals surface area (Å²) >= 11 is 0. The molecule has 1 atom stereocenters. The topological polar surface area (TPSA) is 100 Å². The number of aliphatic hydroxyl groups is 2. The van der Waals surface area contributed by atoms with E-state index in [1.165, 1.54) is 32.1 Å². The minimum atomic E-state index is -0.976. The number of hydrogen-bond donors (Lipinski definition) is 3. The third-order valence-electron chi connectivity index (χ3n) is 4.87. The molecule has 1 unspecified atom stereocenters. The molecule has 0 aliphatic rings. The Labute approximate surface area is 165 Å². The van der Waals surface area contributed by atoms with Crippen molar-refractivity contribution in [3.8, 4) is 11.5 Å². The van der Waals surface area contributed by atoms with Crippen molar-refractivity contribution in [2.24, 2.45) is 0 Å². The van der Waals surface area contributed by atoms with Gasteiger partial charge in [-0.2, -0.15) is 0 Å². The summed E-state index contributed by atoms with van der Waals surface area (Å²) in [5.41, 5.74) is 0.0839. The second-order valence-electron chi connectivity index (χ2n) is 7.25. The van der Waals surface area contributed by atoms with Crippen LogP contribution in [0.5, 0.6) is 11.5 Å². The molecule has 0 radical (unpaired) electrons. The third-order valence-corrected chi connectivity index (χ3v) is 4.87. The lowest BCUT2D eigenvalue weighted by atomic mass is 10.0. The fourth-order valence-corrected chi connectivity index (χ4v) is 3.19. The molecule has 0 aliphatic heterocycles. The quantitative estimate of drug-likeness (QED) is 0.353. The number of hydrogen-bond acceptors (Lipinski definition) is 6. The Hall–Kier alpha value is -2.05. The van der Waals surface area contributed by atoms with E-state index in [4.69, 9.17) is 14.3 Å². The molecule has 156 valence electrons. The van der Waals surface area contributed by atoms with Crippen molar-refractivity contribution < 1.29 is 24.5 Å². The van der Waals surface area contributed by atoms with Gasteiger partial charge in [-0.1, -0.05) is 51.9 Å². The highest BCUT2D eigenvalue weighted by Crippen LogP contribution is 2.30. The predicted octanol–water partition coefficient (Wildman–Crippen LogP) is 3.91. The molecule has 0 saturated heterocycles. The first-order valence-electron chi connectivity index (χ1n) is 10.3. The highest BCUT2D eigenvalue weighted by atomic mass is 16.5. The van der Waals surface area contributed by atoms with E-state index < -0.39 is 18.3 Å². The molecular formula is C22H32O6. The molecule has 6 nitrogen and oxygen atoms in total. The van der Waals surface area contributed by atoms with Crippen LogP contribution in [0.1, 0.15) is 63.9 Å². The Morgan fingerprint density at radius 2 is 1.75 bits per heavy atom. The molecule has 0 aliphatic carbocycles. The van der Waals surface area contributed by atoms with Gasteiger partial charge in [-0.25, -0.2) is 4.79 Å². The van der Waals surface area contributed by atoms with E-state index in [0.29, 0.717) is 23.1 Å². The van der Waals surface area contributed by atoms with Crippen molar-refractivity contribution in [2.45, 2.75) is 70.8 Å². The fraction of sp³-hybridized carbons (Fsp3) is 0.591. The molecule has 1 aromatic carbocycles. The molecule has 2 aromatic rings. The molecule has 28 heavy (non-hydrogen) atoms. The molecular weight excluding hydrogens is 360 g/mol. The summed E-state index contributed by atoms with van der Waals surface area (Å²) in [5, 5.41) is 29.2. The first-order chi connectivity index (χ1) is 13.6. The summed E-state index contributed by atoms with van der Waals surface area (Å²) in [6.45, 7) is 1.75. The molecule has 0 bridgehead atoms. The van der Waals surface area contributed by atoms with Crippen molar-refractivity contribution in [1.82, 2.24) is 0 Å². The Bertz CT molecular complexity index is 782. The van der Waals surface area contributed by atoms with Crippen molar-refractivity contribution >= 4 is 11.0 Å². The summed E-state index contributed by atoms with van der Waals surface area (Å²) in [5.74, 6) is 0.351. The molecule has 1 heterocycles. The zero-order valence-corrected chi connectivity index (χ0v) is 16.7. The molecule has 0 spiro atoms. The second kappa shape index (κ2) is 11.7. The van der Waals surface area contributed by atoms with Crippen molar-refractivity contribution in [3.05, 3.63) is 34.2 Å². The summed E-state index contributed by atoms with van der Waals surface area (Å²) < 4.78 is 10.7. The van der Waals surface area contributed by atoms with Gasteiger partial charge in [-0.3, -0.25) is 0 Å². The molecule has 2 rings (SSSR count). The van der Waals surface area contributed by atoms with E-state index in [0.717, 1.165) is 19.3 Å². The Kier molecular flexibility index (Phi) is 9.31. The third kappa shape index (κ3) is 6.53. The highest BCUT2D eigenvalue weighted by Gasteiger charge is 2.15. The largest absolute Gasteiger partial charge is 0.507 e. The minimum absolute atomic E-state index is 0.0648. The smallest absolute Gasteiger partial charge is 0.343 e. The Balaban J connectivity index is 1.98. The number of aliphatic hydroxyl groups excluding tert-OH is 2. The van der Waals surface area contributed by atoms with E-state index in [-0.39, 0.29) is 17.9 Å². The zero-order chi connectivity index (χ0) is 20.4. The van der Waals surface area contributed by atoms with E-state index in [1.54, 1.807) is 18.2 Å². The van der Waals surface area contributed by atoms with Crippen molar-refractivity contribution in [3.63, 3.8) is 0 Å². The van der Waals surface area contributed by atoms with Crippen LogP contribution in [0.2, 0.25) is 0 Å². The van der Waals surface area contributed by atoms with Crippen LogP contribution >= 0.6 is 0 Å². The lowest BCUT2D eigenvalue weighted by molar-refractivity contribution is 0.0536. The number of ether oxygens (including phenoxy) is 1. The maximum atomic E-state index is 12.2. The lowest BCUT2D eigenvalue weighted by Crippen LogP contribution is -2.21. The zero-order valence-electron chi connectivity index (χ0n) is 16.7. The first kappa shape index (κ1) is 22.2. The van der Waals surface area contributed by atoms with Crippen LogP contribution in [0.25, 0.3) is 11.0 Å². The minimum Gasteiger partial charge on any atom is -0.507 e. The van der Waals surface area contributed by atoms with Gasteiger partial charge in [0.1, 0.15) is 29.8 Å². The number of benzene rings is 1. The van der Waals surface area contributed by atoms with Crippen LogP contribution in [-0.4, -0.2) is 34.6 Å². The van der Waals surface area contributed by atoms with Crippen molar-refractivity contribution in [1.29, 1.82) is 0 Å². The number of aromatic hydroxyl groups is 1. The standard InChI is InChI=1S/C22H32O6/c1-2-3-4-5-6-7-8-9-10-18-21(25)19-13-17(27-15-16(24)14-23)11-12-20(19)28-22(18)26/h11-13,16,23-25H,2-10,14-15H2,1H3. The van der Waals surface area contributed by atoms with Gasteiger partial charge in [-0.15, -0.1) is 0 Å². The van der Waals surface area contributed by atoms with E-state index in [1.807, 2.05) is 0 Å². The van der Waals surface area contributed by atoms with Gasteiger partial charge in [-0.05, 0) is 31.0 Å². The molecule has 3 N–H and O–H groups in total. The number of fused-ring (bicyclic) bond motifs is 1. The SMILES string of the molecule is CCCCCCCCCCc1c(O)c2cc(OCC(O)CO)ccc2oc1=O. The van der Waals surface area contributed by atoms with Crippen LogP contribution in [0, 0.1) is 0 Å². The Morgan fingerprint density at radius 1 is 1.07 bits per heavy atom. The lowest BCUT2D eigenvalue weighted by Gasteiger charge is -2.11. The van der Waals surface area contributed by atoms with Gasteiger partial charge in [0.25, 0.3) is 0 Å². The van der Waals surface area contributed by atoms with E-state index in [2.05, 4.69) is 6.92 Å². The predicted molar refractivity (Wildman–Crippen MR) is 109 cm³/mol. The average molecular weight is 392 g/mol. The number of rotatable bonds is 13. The van der Waals surface area contributed by atoms with Gasteiger partial charge < -0.3 is 24.5 Å². The maximum absolute atomic E-state index is 12.2. The van der Waals surface area contributed by atoms with E-state index in [9.17, 15) is 15.0 Å². The summed E-state index contributed by atoms with van der Waals surface area (Å²) in [4.78, 5) is 12.2. The molecule has 0 fully saturated rings. The average Bonchev–Trinajstić information content (AvgIpc) is 2.70. The van der Waals surface area contributed by atoms with Gasteiger partial charge >= 0.3 is 5.63 Å². The van der Waals surface area contributed by atoms with Gasteiger partial charge in [0.05, 0.1) is 17.6 Å². The molecule has 1 aromatic heterocycles. The van der Waals surface area contributed by atoms with Crippen LogP contribution in [0.4, 0.5) is 0 Å². The normalized spacial score (nSPS) is 12.4. The molecule has 6 heteroatoms. The monoisotopic (exact) mass is 392 g/mol. The maximum Gasteiger partial charge on any atom is 0.343 e. The van der Waals surface area contributed by atoms with Crippen LogP contribution in [0.15, 0.2) is 27.4 Å². The highest BCUT2D eigenvalue weighted by molar-refractivity contribution is 5.85. The van der Waals surface area contributed by atoms with Gasteiger partial charge in [0, 0.05) is 0 Å². The summed E-state index contributed by atoms with van der Waals surface area (Å²) in [7, 11) is 0. The second-order valence-corrected chi connectivity index (χ2v) is 7.25. The summed E-state index contributed by atoms with van der Waals surface area (Å²) in [6, 6.07) is 4.72.